The average Bonchev–Trinajstić information content (AvgIpc) is 3.49. The number of carbonyl (C=O) groups excluding carboxylic acids is 2. The Hall–Kier alpha value is -4.04. The highest BCUT2D eigenvalue weighted by Gasteiger charge is 2.34. The lowest BCUT2D eigenvalue weighted by Crippen LogP contribution is -2.30. The van der Waals surface area contributed by atoms with Crippen molar-refractivity contribution in [2.45, 2.75) is 30.5 Å². The maximum absolute atomic E-state index is 13.8. The number of thioether (sulfide) groups is 1. The van der Waals surface area contributed by atoms with E-state index in [0.717, 1.165) is 39.5 Å². The summed E-state index contributed by atoms with van der Waals surface area (Å²) in [5, 5.41) is 10.8. The standard InChI is InChI=1S/C28H24N4O3S/c33-25(29-14-18-8-2-1-3-9-18)15-32-27(21-16-36-17-22(21)31-32)30-28(34)26-19-10-4-6-12-23(19)35-24-13-7-5-11-20(24)26/h1-13,26H,14-17H2,(H,29,33)(H,30,34). The van der Waals surface area contributed by atoms with E-state index in [-0.39, 0.29) is 18.4 Å². The molecule has 7 nitrogen and oxygen atoms in total. The monoisotopic (exact) mass is 496 g/mol. The number of benzene rings is 3. The van der Waals surface area contributed by atoms with Crippen LogP contribution in [-0.4, -0.2) is 21.6 Å². The number of aromatic nitrogens is 2. The maximum atomic E-state index is 13.8. The lowest BCUT2D eigenvalue weighted by atomic mass is 9.87. The minimum Gasteiger partial charge on any atom is -0.457 e. The molecule has 6 rings (SSSR count). The van der Waals surface area contributed by atoms with Crippen molar-refractivity contribution < 1.29 is 14.3 Å². The molecular weight excluding hydrogens is 472 g/mol. The van der Waals surface area contributed by atoms with Crippen molar-refractivity contribution in [1.29, 1.82) is 0 Å². The van der Waals surface area contributed by atoms with Crippen molar-refractivity contribution in [3.63, 3.8) is 0 Å². The molecule has 2 amide bonds. The molecule has 2 N–H and O–H groups in total. The molecule has 8 heteroatoms. The first-order valence-corrected chi connectivity index (χ1v) is 13.0. The van der Waals surface area contributed by atoms with E-state index in [1.54, 1.807) is 16.4 Å². The van der Waals surface area contributed by atoms with Gasteiger partial charge in [-0.15, -0.1) is 0 Å². The fourth-order valence-electron chi connectivity index (χ4n) is 4.69. The predicted molar refractivity (Wildman–Crippen MR) is 139 cm³/mol. The van der Waals surface area contributed by atoms with Crippen LogP contribution in [0.2, 0.25) is 0 Å². The van der Waals surface area contributed by atoms with Crippen LogP contribution in [0.3, 0.4) is 0 Å². The number of rotatable bonds is 6. The summed E-state index contributed by atoms with van der Waals surface area (Å²) in [6.45, 7) is 0.467. The van der Waals surface area contributed by atoms with Crippen LogP contribution in [0.5, 0.6) is 11.5 Å². The van der Waals surface area contributed by atoms with Crippen LogP contribution in [-0.2, 0) is 34.2 Å². The van der Waals surface area contributed by atoms with Gasteiger partial charge in [0.2, 0.25) is 11.8 Å². The molecule has 0 atom stereocenters. The van der Waals surface area contributed by atoms with E-state index in [0.29, 0.717) is 23.9 Å². The quantitative estimate of drug-likeness (QED) is 0.400. The smallest absolute Gasteiger partial charge is 0.242 e. The van der Waals surface area contributed by atoms with Gasteiger partial charge in [-0.3, -0.25) is 9.59 Å². The van der Waals surface area contributed by atoms with Crippen LogP contribution in [0.25, 0.3) is 0 Å². The molecule has 4 aromatic rings. The largest absolute Gasteiger partial charge is 0.457 e. The number of carbonyl (C=O) groups is 2. The summed E-state index contributed by atoms with van der Waals surface area (Å²) in [6, 6.07) is 25.0. The van der Waals surface area contributed by atoms with Gasteiger partial charge in [-0.25, -0.2) is 4.68 Å². The van der Waals surface area contributed by atoms with E-state index < -0.39 is 5.92 Å². The fourth-order valence-corrected chi connectivity index (χ4v) is 5.72. The molecule has 0 bridgehead atoms. The van der Waals surface area contributed by atoms with Crippen LogP contribution in [0.1, 0.15) is 33.9 Å². The number of amides is 2. The molecule has 0 fully saturated rings. The molecule has 1 aromatic heterocycles. The van der Waals surface area contributed by atoms with Gasteiger partial charge in [-0.1, -0.05) is 66.7 Å². The summed E-state index contributed by atoms with van der Waals surface area (Å²) >= 11 is 1.75. The topological polar surface area (TPSA) is 85.2 Å². The number of fused-ring (bicyclic) bond motifs is 3. The fraction of sp³-hybridized carbons (Fsp3) is 0.179. The van der Waals surface area contributed by atoms with E-state index >= 15 is 0 Å². The van der Waals surface area contributed by atoms with Crippen LogP contribution < -0.4 is 15.4 Å². The van der Waals surface area contributed by atoms with Gasteiger partial charge in [-0.05, 0) is 17.7 Å². The van der Waals surface area contributed by atoms with Crippen LogP contribution >= 0.6 is 11.8 Å². The zero-order chi connectivity index (χ0) is 24.5. The Balaban J connectivity index is 1.27. The summed E-state index contributed by atoms with van der Waals surface area (Å²) in [6.07, 6.45) is 0. The minimum atomic E-state index is -0.536. The molecule has 0 radical (unpaired) electrons. The lowest BCUT2D eigenvalue weighted by molar-refractivity contribution is -0.122. The first-order valence-electron chi connectivity index (χ1n) is 11.8. The molecule has 0 aliphatic carbocycles. The summed E-state index contributed by atoms with van der Waals surface area (Å²) in [5.74, 6) is 2.57. The second kappa shape index (κ2) is 9.54. The zero-order valence-corrected chi connectivity index (χ0v) is 20.3. The van der Waals surface area contributed by atoms with E-state index in [2.05, 4.69) is 15.7 Å². The van der Waals surface area contributed by atoms with Crippen molar-refractivity contribution in [2.24, 2.45) is 0 Å². The zero-order valence-electron chi connectivity index (χ0n) is 19.4. The van der Waals surface area contributed by atoms with Crippen molar-refractivity contribution >= 4 is 29.4 Å². The van der Waals surface area contributed by atoms with Crippen LogP contribution in [0, 0.1) is 0 Å². The first kappa shape index (κ1) is 22.4. The summed E-state index contributed by atoms with van der Waals surface area (Å²) in [4.78, 5) is 26.6. The summed E-state index contributed by atoms with van der Waals surface area (Å²) < 4.78 is 7.68. The molecule has 36 heavy (non-hydrogen) atoms. The van der Waals surface area contributed by atoms with Crippen molar-refractivity contribution in [2.75, 3.05) is 5.32 Å². The molecule has 0 spiro atoms. The van der Waals surface area contributed by atoms with E-state index in [4.69, 9.17) is 4.74 Å². The Morgan fingerprint density at radius 2 is 1.58 bits per heavy atom. The van der Waals surface area contributed by atoms with Gasteiger partial charge in [0.15, 0.2) is 0 Å². The third-order valence-corrected chi connectivity index (χ3v) is 7.40. The first-order chi connectivity index (χ1) is 17.7. The molecule has 3 heterocycles. The van der Waals surface area contributed by atoms with Crippen LogP contribution in [0.4, 0.5) is 5.82 Å². The average molecular weight is 497 g/mol. The van der Waals surface area contributed by atoms with Crippen molar-refractivity contribution in [3.05, 3.63) is 107 Å². The molecule has 2 aliphatic heterocycles. The Labute approximate surface area is 212 Å². The molecule has 0 saturated heterocycles. The second-order valence-corrected chi connectivity index (χ2v) is 9.77. The van der Waals surface area contributed by atoms with Crippen molar-refractivity contribution in [1.82, 2.24) is 15.1 Å². The predicted octanol–water partition coefficient (Wildman–Crippen LogP) is 4.82. The van der Waals surface area contributed by atoms with Crippen molar-refractivity contribution in [3.8, 4) is 11.5 Å². The highest BCUT2D eigenvalue weighted by atomic mass is 32.2. The lowest BCUT2D eigenvalue weighted by Gasteiger charge is -2.27. The number of nitrogens with one attached hydrogen (secondary N) is 2. The number of hydrogen-bond donors (Lipinski definition) is 2. The van der Waals surface area contributed by atoms with Gasteiger partial charge in [0.1, 0.15) is 23.9 Å². The Bertz CT molecular complexity index is 1400. The summed E-state index contributed by atoms with van der Waals surface area (Å²) in [7, 11) is 0. The Morgan fingerprint density at radius 1 is 0.917 bits per heavy atom. The van der Waals surface area contributed by atoms with Gasteiger partial charge in [0, 0.05) is 34.7 Å². The highest BCUT2D eigenvalue weighted by Crippen LogP contribution is 2.44. The number of nitrogens with zero attached hydrogens (tertiary/aromatic N) is 2. The van der Waals surface area contributed by atoms with E-state index in [9.17, 15) is 9.59 Å². The number of ether oxygens (including phenoxy) is 1. The Morgan fingerprint density at radius 3 is 2.31 bits per heavy atom. The molecule has 0 saturated carbocycles. The molecule has 180 valence electrons. The summed E-state index contributed by atoms with van der Waals surface area (Å²) in [5.41, 5.74) is 4.55. The van der Waals surface area contributed by atoms with Gasteiger partial charge >= 0.3 is 0 Å². The SMILES string of the molecule is O=C(Cn1nc2c(c1NC(=O)C1c3ccccc3Oc3ccccc31)CSC2)NCc1ccccc1. The molecule has 0 unspecified atom stereocenters. The number of hydrogen-bond acceptors (Lipinski definition) is 5. The van der Waals surface area contributed by atoms with Gasteiger partial charge in [0.25, 0.3) is 0 Å². The number of para-hydroxylation sites is 2. The molecule has 2 aliphatic rings. The third-order valence-electron chi connectivity index (χ3n) is 6.43. The van der Waals surface area contributed by atoms with Gasteiger partial charge in [0.05, 0.1) is 11.6 Å². The second-order valence-electron chi connectivity index (χ2n) is 8.79. The van der Waals surface area contributed by atoms with Crippen LogP contribution in [0.15, 0.2) is 78.9 Å². The maximum Gasteiger partial charge on any atom is 0.242 e. The number of anilines is 1. The van der Waals surface area contributed by atoms with E-state index in [1.165, 1.54) is 0 Å². The molecule has 3 aromatic carbocycles. The van der Waals surface area contributed by atoms with Gasteiger partial charge in [-0.2, -0.15) is 16.9 Å². The Kier molecular flexibility index (Phi) is 5.95. The third kappa shape index (κ3) is 4.24. The normalized spacial score (nSPS) is 13.8. The minimum absolute atomic E-state index is 0.0288. The van der Waals surface area contributed by atoms with E-state index in [1.807, 2.05) is 78.9 Å². The molecular formula is C28H24N4O3S. The van der Waals surface area contributed by atoms with Gasteiger partial charge < -0.3 is 15.4 Å². The highest BCUT2D eigenvalue weighted by molar-refractivity contribution is 7.98.